The van der Waals surface area contributed by atoms with Gasteiger partial charge in [-0.05, 0) is 42.7 Å². The van der Waals surface area contributed by atoms with Gasteiger partial charge in [0.15, 0.2) is 0 Å². The van der Waals surface area contributed by atoms with Crippen molar-refractivity contribution in [1.29, 1.82) is 0 Å². The van der Waals surface area contributed by atoms with Crippen LogP contribution < -0.4 is 5.73 Å². The third-order valence-corrected chi connectivity index (χ3v) is 3.42. The molecule has 1 aromatic rings. The molecule has 1 aliphatic carbocycles. The van der Waals surface area contributed by atoms with E-state index in [0.717, 1.165) is 25.2 Å². The standard InChI is InChI=1S/C14H21N/c1-11(2)7-8-14(15)9-12-5-3-4-6-13(12)10-14/h3-6,11H,7-10,15H2,1-2H3. The summed E-state index contributed by atoms with van der Waals surface area (Å²) in [5, 5.41) is 0. The maximum atomic E-state index is 6.46. The van der Waals surface area contributed by atoms with E-state index in [2.05, 4.69) is 38.1 Å². The van der Waals surface area contributed by atoms with E-state index in [0.29, 0.717) is 0 Å². The molecule has 0 spiro atoms. The molecule has 0 fully saturated rings. The van der Waals surface area contributed by atoms with Gasteiger partial charge in [0.2, 0.25) is 0 Å². The molecule has 1 heteroatoms. The molecular formula is C14H21N. The summed E-state index contributed by atoms with van der Waals surface area (Å²) in [5.41, 5.74) is 9.42. The van der Waals surface area contributed by atoms with E-state index in [4.69, 9.17) is 5.73 Å². The first-order valence-electron chi connectivity index (χ1n) is 5.95. The summed E-state index contributed by atoms with van der Waals surface area (Å²) >= 11 is 0. The molecule has 0 saturated carbocycles. The zero-order valence-electron chi connectivity index (χ0n) is 9.79. The van der Waals surface area contributed by atoms with Crippen molar-refractivity contribution in [3.05, 3.63) is 35.4 Å². The summed E-state index contributed by atoms with van der Waals surface area (Å²) in [4.78, 5) is 0. The fourth-order valence-electron chi connectivity index (χ4n) is 2.48. The Labute approximate surface area is 92.7 Å². The van der Waals surface area contributed by atoms with Gasteiger partial charge in [0.25, 0.3) is 0 Å². The van der Waals surface area contributed by atoms with E-state index in [1.165, 1.54) is 17.5 Å². The van der Waals surface area contributed by atoms with Crippen LogP contribution in [-0.4, -0.2) is 5.54 Å². The molecule has 0 amide bonds. The van der Waals surface area contributed by atoms with Crippen molar-refractivity contribution in [2.75, 3.05) is 0 Å². The second kappa shape index (κ2) is 3.97. The summed E-state index contributed by atoms with van der Waals surface area (Å²) in [6.07, 6.45) is 4.52. The molecule has 0 bridgehead atoms. The Hall–Kier alpha value is -0.820. The number of hydrogen-bond donors (Lipinski definition) is 1. The number of benzene rings is 1. The molecular weight excluding hydrogens is 182 g/mol. The molecule has 0 heterocycles. The number of rotatable bonds is 3. The van der Waals surface area contributed by atoms with Crippen LogP contribution in [0.15, 0.2) is 24.3 Å². The minimum atomic E-state index is 0.0357. The van der Waals surface area contributed by atoms with Crippen molar-refractivity contribution in [3.63, 3.8) is 0 Å². The third kappa shape index (κ3) is 2.40. The van der Waals surface area contributed by atoms with Crippen LogP contribution in [0.1, 0.15) is 37.8 Å². The number of hydrogen-bond acceptors (Lipinski definition) is 1. The maximum absolute atomic E-state index is 6.46. The van der Waals surface area contributed by atoms with Crippen molar-refractivity contribution in [3.8, 4) is 0 Å². The van der Waals surface area contributed by atoms with E-state index in [1.807, 2.05) is 0 Å². The summed E-state index contributed by atoms with van der Waals surface area (Å²) in [6, 6.07) is 8.68. The average Bonchev–Trinajstić information content (AvgIpc) is 2.52. The minimum absolute atomic E-state index is 0.0357. The fourth-order valence-corrected chi connectivity index (χ4v) is 2.48. The molecule has 1 nitrogen and oxygen atoms in total. The highest BCUT2D eigenvalue weighted by molar-refractivity contribution is 5.35. The molecule has 1 aliphatic rings. The third-order valence-electron chi connectivity index (χ3n) is 3.42. The fraction of sp³-hybridized carbons (Fsp3) is 0.571. The molecule has 82 valence electrons. The van der Waals surface area contributed by atoms with Gasteiger partial charge >= 0.3 is 0 Å². The van der Waals surface area contributed by atoms with Gasteiger partial charge in [-0.2, -0.15) is 0 Å². The van der Waals surface area contributed by atoms with Crippen LogP contribution in [-0.2, 0) is 12.8 Å². The van der Waals surface area contributed by atoms with Crippen LogP contribution >= 0.6 is 0 Å². The zero-order valence-corrected chi connectivity index (χ0v) is 9.79. The Kier molecular flexibility index (Phi) is 2.83. The first-order chi connectivity index (χ1) is 7.09. The van der Waals surface area contributed by atoms with E-state index < -0.39 is 0 Å². The summed E-state index contributed by atoms with van der Waals surface area (Å²) < 4.78 is 0. The summed E-state index contributed by atoms with van der Waals surface area (Å²) in [6.45, 7) is 4.54. The van der Waals surface area contributed by atoms with Gasteiger partial charge in [0.1, 0.15) is 0 Å². The van der Waals surface area contributed by atoms with Crippen LogP contribution in [0.25, 0.3) is 0 Å². The summed E-state index contributed by atoms with van der Waals surface area (Å²) in [7, 11) is 0. The normalized spacial score (nSPS) is 18.1. The van der Waals surface area contributed by atoms with Crippen molar-refractivity contribution >= 4 is 0 Å². The molecule has 0 aromatic heterocycles. The van der Waals surface area contributed by atoms with Crippen molar-refractivity contribution < 1.29 is 0 Å². The van der Waals surface area contributed by atoms with E-state index in [-0.39, 0.29) is 5.54 Å². The Morgan fingerprint density at radius 2 is 1.73 bits per heavy atom. The molecule has 2 rings (SSSR count). The van der Waals surface area contributed by atoms with Gasteiger partial charge < -0.3 is 5.73 Å². The Bertz CT molecular complexity index is 316. The highest BCUT2D eigenvalue weighted by Crippen LogP contribution is 2.32. The Morgan fingerprint density at radius 3 is 2.20 bits per heavy atom. The number of fused-ring (bicyclic) bond motifs is 1. The molecule has 0 unspecified atom stereocenters. The molecule has 0 radical (unpaired) electrons. The van der Waals surface area contributed by atoms with Crippen LogP contribution in [0.2, 0.25) is 0 Å². The lowest BCUT2D eigenvalue weighted by Crippen LogP contribution is -2.40. The minimum Gasteiger partial charge on any atom is -0.324 e. The Balaban J connectivity index is 2.04. The van der Waals surface area contributed by atoms with Crippen LogP contribution in [0.4, 0.5) is 0 Å². The van der Waals surface area contributed by atoms with Crippen LogP contribution in [0, 0.1) is 5.92 Å². The second-order valence-electron chi connectivity index (χ2n) is 5.42. The quantitative estimate of drug-likeness (QED) is 0.803. The predicted octanol–water partition coefficient (Wildman–Crippen LogP) is 2.92. The van der Waals surface area contributed by atoms with Gasteiger partial charge in [0, 0.05) is 5.54 Å². The first kappa shape index (κ1) is 10.7. The topological polar surface area (TPSA) is 26.0 Å². The average molecular weight is 203 g/mol. The molecule has 2 N–H and O–H groups in total. The first-order valence-corrected chi connectivity index (χ1v) is 5.95. The predicted molar refractivity (Wildman–Crippen MR) is 64.8 cm³/mol. The molecule has 1 aromatic carbocycles. The maximum Gasteiger partial charge on any atom is 0.0236 e. The van der Waals surface area contributed by atoms with Gasteiger partial charge in [-0.15, -0.1) is 0 Å². The SMILES string of the molecule is CC(C)CCC1(N)Cc2ccccc2C1. The van der Waals surface area contributed by atoms with Gasteiger partial charge in [0.05, 0.1) is 0 Å². The lowest BCUT2D eigenvalue weighted by Gasteiger charge is -2.24. The summed E-state index contributed by atoms with van der Waals surface area (Å²) in [5.74, 6) is 0.758. The smallest absolute Gasteiger partial charge is 0.0236 e. The highest BCUT2D eigenvalue weighted by Gasteiger charge is 2.32. The van der Waals surface area contributed by atoms with Crippen molar-refractivity contribution in [1.82, 2.24) is 0 Å². The highest BCUT2D eigenvalue weighted by atomic mass is 14.7. The number of nitrogens with two attached hydrogens (primary N) is 1. The van der Waals surface area contributed by atoms with Gasteiger partial charge in [-0.3, -0.25) is 0 Å². The van der Waals surface area contributed by atoms with Crippen LogP contribution in [0.3, 0.4) is 0 Å². The van der Waals surface area contributed by atoms with Crippen molar-refractivity contribution in [2.45, 2.75) is 45.1 Å². The van der Waals surface area contributed by atoms with Gasteiger partial charge in [-0.1, -0.05) is 38.1 Å². The zero-order chi connectivity index (χ0) is 10.9. The Morgan fingerprint density at radius 1 is 1.20 bits per heavy atom. The molecule has 0 saturated heterocycles. The second-order valence-corrected chi connectivity index (χ2v) is 5.42. The molecule has 15 heavy (non-hydrogen) atoms. The monoisotopic (exact) mass is 203 g/mol. The lowest BCUT2D eigenvalue weighted by molar-refractivity contribution is 0.371. The largest absolute Gasteiger partial charge is 0.324 e. The van der Waals surface area contributed by atoms with E-state index in [9.17, 15) is 0 Å². The van der Waals surface area contributed by atoms with E-state index >= 15 is 0 Å². The molecule has 0 aliphatic heterocycles. The lowest BCUT2D eigenvalue weighted by atomic mass is 9.88. The van der Waals surface area contributed by atoms with E-state index in [1.54, 1.807) is 0 Å². The van der Waals surface area contributed by atoms with Gasteiger partial charge in [-0.25, -0.2) is 0 Å². The van der Waals surface area contributed by atoms with Crippen LogP contribution in [0.5, 0.6) is 0 Å². The molecule has 0 atom stereocenters. The van der Waals surface area contributed by atoms with Crippen molar-refractivity contribution in [2.24, 2.45) is 11.7 Å².